The molecule has 0 aliphatic heterocycles. The van der Waals surface area contributed by atoms with Crippen molar-refractivity contribution in [3.8, 4) is 0 Å². The van der Waals surface area contributed by atoms with Crippen LogP contribution in [-0.4, -0.2) is 39.9 Å². The summed E-state index contributed by atoms with van der Waals surface area (Å²) in [4.78, 5) is 36.1. The molecule has 3 rings (SSSR count). The zero-order valence-electron chi connectivity index (χ0n) is 20.1. The van der Waals surface area contributed by atoms with E-state index in [1.807, 2.05) is 66.7 Å². The van der Waals surface area contributed by atoms with Crippen molar-refractivity contribution in [1.29, 1.82) is 0 Å². The lowest BCUT2D eigenvalue weighted by molar-refractivity contribution is -0.142. The van der Waals surface area contributed by atoms with Crippen LogP contribution in [0.15, 0.2) is 91.0 Å². The molecule has 0 saturated carbocycles. The Morgan fingerprint density at radius 1 is 0.806 bits per heavy atom. The molecule has 0 aliphatic rings. The number of carbonyl (C=O) groups is 2. The number of hydrogen-bond donors (Lipinski definition) is 4. The van der Waals surface area contributed by atoms with Crippen LogP contribution in [0.5, 0.6) is 0 Å². The predicted octanol–water partition coefficient (Wildman–Crippen LogP) is 3.85. The van der Waals surface area contributed by atoms with Crippen LogP contribution in [0.3, 0.4) is 0 Å². The van der Waals surface area contributed by atoms with Gasteiger partial charge in [0.15, 0.2) is 0 Å². The van der Waals surface area contributed by atoms with Gasteiger partial charge in [0.05, 0.1) is 11.7 Å². The van der Waals surface area contributed by atoms with Gasteiger partial charge in [0.2, 0.25) is 13.3 Å². The molecule has 5 N–H and O–H groups in total. The Morgan fingerprint density at radius 3 is 1.78 bits per heavy atom. The highest BCUT2D eigenvalue weighted by Crippen LogP contribution is 2.47. The second kappa shape index (κ2) is 13.2. The molecule has 0 bridgehead atoms. The Bertz CT molecular complexity index is 1160. The first-order valence-corrected chi connectivity index (χ1v) is 13.9. The fourth-order valence-electron chi connectivity index (χ4n) is 4.09. The van der Waals surface area contributed by atoms with Crippen LogP contribution < -0.4 is 11.1 Å². The van der Waals surface area contributed by atoms with E-state index in [0.717, 1.165) is 16.7 Å². The van der Waals surface area contributed by atoms with Gasteiger partial charge in [-0.3, -0.25) is 9.36 Å². The second-order valence-corrected chi connectivity index (χ2v) is 11.5. The van der Waals surface area contributed by atoms with Gasteiger partial charge in [0.25, 0.3) is 0 Å². The average molecular weight is 509 g/mol. The number of aliphatic carboxylic acids is 1. The van der Waals surface area contributed by atoms with Crippen LogP contribution in [0.1, 0.15) is 23.1 Å². The van der Waals surface area contributed by atoms with E-state index in [1.54, 1.807) is 24.3 Å². The zero-order chi connectivity index (χ0) is 26.0. The standard InChI is InChI=1S/C28H33N2O5P/c29-26(17-16-21-10-4-1-5-11-21)36(34,35)20-24(18-22-12-6-2-7-13-22)27(31)30-25(28(32)33)19-23-14-8-3-9-15-23/h1-15,24-26H,16-20,29H2,(H,30,31)(H,32,33)(H,34,35)/t24-,25+,26?/m1/s1. The smallest absolute Gasteiger partial charge is 0.326 e. The SMILES string of the molecule is NC(CCc1ccccc1)P(=O)(O)C[C@@H](Cc1ccccc1)C(=O)N[C@@H](Cc1ccccc1)C(=O)O. The summed E-state index contributed by atoms with van der Waals surface area (Å²) >= 11 is 0. The molecule has 0 aromatic heterocycles. The van der Waals surface area contributed by atoms with E-state index < -0.39 is 37.0 Å². The number of hydrogen-bond acceptors (Lipinski definition) is 4. The lowest BCUT2D eigenvalue weighted by Gasteiger charge is -2.25. The number of carbonyl (C=O) groups excluding carboxylic acids is 1. The lowest BCUT2D eigenvalue weighted by Crippen LogP contribution is -2.46. The van der Waals surface area contributed by atoms with Crippen molar-refractivity contribution < 1.29 is 24.2 Å². The Labute approximate surface area is 211 Å². The molecule has 3 aromatic carbocycles. The molecule has 36 heavy (non-hydrogen) atoms. The summed E-state index contributed by atoms with van der Waals surface area (Å²) < 4.78 is 13.3. The fourth-order valence-corrected chi connectivity index (χ4v) is 5.82. The van der Waals surface area contributed by atoms with Gasteiger partial charge < -0.3 is 21.1 Å². The third-order valence-corrected chi connectivity index (χ3v) is 8.42. The largest absolute Gasteiger partial charge is 0.480 e. The van der Waals surface area contributed by atoms with Crippen molar-refractivity contribution >= 4 is 19.2 Å². The van der Waals surface area contributed by atoms with E-state index in [9.17, 15) is 24.2 Å². The number of carboxylic acids is 1. The molecule has 0 aliphatic carbocycles. The van der Waals surface area contributed by atoms with Gasteiger partial charge in [0, 0.05) is 12.6 Å². The average Bonchev–Trinajstić information content (AvgIpc) is 2.88. The van der Waals surface area contributed by atoms with Gasteiger partial charge in [0.1, 0.15) is 6.04 Å². The van der Waals surface area contributed by atoms with E-state index >= 15 is 0 Å². The van der Waals surface area contributed by atoms with E-state index in [0.29, 0.717) is 12.8 Å². The first-order chi connectivity index (χ1) is 17.2. The highest BCUT2D eigenvalue weighted by molar-refractivity contribution is 7.58. The van der Waals surface area contributed by atoms with Gasteiger partial charge in [-0.05, 0) is 36.0 Å². The topological polar surface area (TPSA) is 130 Å². The summed E-state index contributed by atoms with van der Waals surface area (Å²) in [5.41, 5.74) is 8.74. The molecule has 0 saturated heterocycles. The van der Waals surface area contributed by atoms with Crippen molar-refractivity contribution in [3.05, 3.63) is 108 Å². The van der Waals surface area contributed by atoms with E-state index in [-0.39, 0.29) is 19.0 Å². The summed E-state index contributed by atoms with van der Waals surface area (Å²) in [5, 5.41) is 12.3. The molecular formula is C28H33N2O5P. The Morgan fingerprint density at radius 2 is 1.28 bits per heavy atom. The van der Waals surface area contributed by atoms with Gasteiger partial charge in [-0.25, -0.2) is 4.79 Å². The van der Waals surface area contributed by atoms with E-state index in [1.165, 1.54) is 0 Å². The van der Waals surface area contributed by atoms with Crippen molar-refractivity contribution in [2.75, 3.05) is 6.16 Å². The quantitative estimate of drug-likeness (QED) is 0.260. The number of aryl methyl sites for hydroxylation is 1. The molecule has 2 unspecified atom stereocenters. The van der Waals surface area contributed by atoms with Crippen LogP contribution in [0.25, 0.3) is 0 Å². The maximum atomic E-state index is 13.3. The molecule has 190 valence electrons. The van der Waals surface area contributed by atoms with Crippen LogP contribution in [0, 0.1) is 5.92 Å². The minimum absolute atomic E-state index is 0.105. The predicted molar refractivity (Wildman–Crippen MR) is 141 cm³/mol. The number of nitrogens with one attached hydrogen (secondary N) is 1. The molecular weight excluding hydrogens is 475 g/mol. The molecule has 7 nitrogen and oxygen atoms in total. The summed E-state index contributed by atoms with van der Waals surface area (Å²) in [6, 6.07) is 26.5. The molecule has 3 aromatic rings. The molecule has 0 spiro atoms. The molecule has 0 heterocycles. The summed E-state index contributed by atoms with van der Waals surface area (Å²) in [7, 11) is -3.93. The number of rotatable bonds is 13. The Hall–Kier alpha value is -3.25. The van der Waals surface area contributed by atoms with Crippen LogP contribution in [-0.2, 0) is 33.4 Å². The first-order valence-electron chi connectivity index (χ1n) is 12.0. The molecule has 4 atom stereocenters. The maximum absolute atomic E-state index is 13.3. The summed E-state index contributed by atoms with van der Waals surface area (Å²) in [5.74, 6) is -3.66. The van der Waals surface area contributed by atoms with Gasteiger partial charge in [-0.2, -0.15) is 0 Å². The number of amides is 1. The number of benzene rings is 3. The molecule has 0 radical (unpaired) electrons. The molecule has 0 fully saturated rings. The third-order valence-electron chi connectivity index (χ3n) is 6.16. The van der Waals surface area contributed by atoms with Gasteiger partial charge >= 0.3 is 5.97 Å². The highest BCUT2D eigenvalue weighted by Gasteiger charge is 2.35. The third kappa shape index (κ3) is 8.45. The minimum atomic E-state index is -3.93. The fraction of sp³-hybridized carbons (Fsp3) is 0.286. The Kier molecular flexibility index (Phi) is 10.00. The van der Waals surface area contributed by atoms with E-state index in [2.05, 4.69) is 5.32 Å². The summed E-state index contributed by atoms with van der Waals surface area (Å²) in [6.45, 7) is 0. The van der Waals surface area contributed by atoms with Crippen LogP contribution >= 0.6 is 7.37 Å². The normalized spacial score (nSPS) is 15.3. The lowest BCUT2D eigenvalue weighted by atomic mass is 9.99. The van der Waals surface area contributed by atoms with Crippen LogP contribution in [0.2, 0.25) is 0 Å². The van der Waals surface area contributed by atoms with Gasteiger partial charge in [-0.15, -0.1) is 0 Å². The van der Waals surface area contributed by atoms with Crippen molar-refractivity contribution in [2.24, 2.45) is 11.7 Å². The maximum Gasteiger partial charge on any atom is 0.326 e. The van der Waals surface area contributed by atoms with Crippen molar-refractivity contribution in [3.63, 3.8) is 0 Å². The number of carboxylic acid groups (broad SMARTS) is 1. The highest BCUT2D eigenvalue weighted by atomic mass is 31.2. The minimum Gasteiger partial charge on any atom is -0.480 e. The monoisotopic (exact) mass is 508 g/mol. The number of nitrogens with two attached hydrogens (primary N) is 1. The van der Waals surface area contributed by atoms with Crippen molar-refractivity contribution in [1.82, 2.24) is 5.32 Å². The second-order valence-electron chi connectivity index (χ2n) is 9.01. The zero-order valence-corrected chi connectivity index (χ0v) is 21.0. The molecule has 1 amide bonds. The van der Waals surface area contributed by atoms with Crippen molar-refractivity contribution in [2.45, 2.75) is 37.5 Å². The van der Waals surface area contributed by atoms with Crippen LogP contribution in [0.4, 0.5) is 0 Å². The first kappa shape index (κ1) is 27.3. The van der Waals surface area contributed by atoms with E-state index in [4.69, 9.17) is 5.73 Å². The summed E-state index contributed by atoms with van der Waals surface area (Å²) in [6.07, 6.45) is 0.804. The Balaban J connectivity index is 1.73. The van der Waals surface area contributed by atoms with Gasteiger partial charge in [-0.1, -0.05) is 91.0 Å². The molecule has 8 heteroatoms.